The van der Waals surface area contributed by atoms with Crippen molar-refractivity contribution < 1.29 is 4.74 Å². The molecule has 1 rings (SSSR count). The minimum absolute atomic E-state index is 0.721. The molecule has 1 aromatic carbocycles. The summed E-state index contributed by atoms with van der Waals surface area (Å²) in [4.78, 5) is 2.30. The van der Waals surface area contributed by atoms with Gasteiger partial charge in [0.05, 0.1) is 12.3 Å². The van der Waals surface area contributed by atoms with Gasteiger partial charge in [0.2, 0.25) is 0 Å². The summed E-state index contributed by atoms with van der Waals surface area (Å²) >= 11 is 0. The maximum Gasteiger partial charge on any atom is 0.142 e. The zero-order chi connectivity index (χ0) is 10.4. The number of hydrogen-bond acceptors (Lipinski definition) is 2. The fourth-order valence-electron chi connectivity index (χ4n) is 1.56. The van der Waals surface area contributed by atoms with Gasteiger partial charge in [0.15, 0.2) is 0 Å². The average Bonchev–Trinajstić information content (AvgIpc) is 2.23. The molecule has 0 radical (unpaired) electrons. The first-order valence-corrected chi connectivity index (χ1v) is 5.30. The van der Waals surface area contributed by atoms with E-state index in [4.69, 9.17) is 4.74 Å². The quantitative estimate of drug-likeness (QED) is 0.713. The van der Waals surface area contributed by atoms with Crippen molar-refractivity contribution in [1.29, 1.82) is 0 Å². The molecule has 0 saturated carbocycles. The molecule has 0 atom stereocenters. The lowest BCUT2D eigenvalue weighted by molar-refractivity contribution is 0.340. The lowest BCUT2D eigenvalue weighted by Gasteiger charge is -2.23. The van der Waals surface area contributed by atoms with Crippen molar-refractivity contribution in [3.05, 3.63) is 24.3 Å². The van der Waals surface area contributed by atoms with Crippen LogP contribution in [0.3, 0.4) is 0 Å². The summed E-state index contributed by atoms with van der Waals surface area (Å²) in [5.74, 6) is 0.985. The van der Waals surface area contributed by atoms with Gasteiger partial charge in [-0.3, -0.25) is 0 Å². The fraction of sp³-hybridized carbons (Fsp3) is 0.500. The van der Waals surface area contributed by atoms with Gasteiger partial charge in [-0.05, 0) is 32.9 Å². The minimum atomic E-state index is 0.721. The van der Waals surface area contributed by atoms with Crippen LogP contribution in [0.5, 0.6) is 5.75 Å². The summed E-state index contributed by atoms with van der Waals surface area (Å²) in [7, 11) is 0. The van der Waals surface area contributed by atoms with E-state index in [1.165, 1.54) is 5.69 Å². The van der Waals surface area contributed by atoms with Crippen molar-refractivity contribution in [1.82, 2.24) is 0 Å². The summed E-state index contributed by atoms with van der Waals surface area (Å²) < 4.78 is 5.58. The number of anilines is 1. The van der Waals surface area contributed by atoms with Crippen molar-refractivity contribution in [2.75, 3.05) is 24.6 Å². The van der Waals surface area contributed by atoms with E-state index < -0.39 is 0 Å². The summed E-state index contributed by atoms with van der Waals surface area (Å²) in [6.45, 7) is 9.08. The normalized spacial score (nSPS) is 9.93. The Bertz CT molecular complexity index is 269. The van der Waals surface area contributed by atoms with Gasteiger partial charge in [-0.2, -0.15) is 0 Å². The van der Waals surface area contributed by atoms with Gasteiger partial charge in [0.25, 0.3) is 0 Å². The Morgan fingerprint density at radius 1 is 1.07 bits per heavy atom. The molecular formula is C12H19NO. The van der Waals surface area contributed by atoms with Gasteiger partial charge < -0.3 is 9.64 Å². The number of benzene rings is 1. The van der Waals surface area contributed by atoms with Crippen LogP contribution < -0.4 is 9.64 Å². The van der Waals surface area contributed by atoms with E-state index in [2.05, 4.69) is 30.9 Å². The van der Waals surface area contributed by atoms with Crippen LogP contribution in [0.2, 0.25) is 0 Å². The molecule has 0 saturated heterocycles. The molecule has 0 aliphatic heterocycles. The smallest absolute Gasteiger partial charge is 0.142 e. The van der Waals surface area contributed by atoms with E-state index in [0.717, 1.165) is 25.4 Å². The SMILES string of the molecule is CCOc1ccccc1N(CC)CC. The third-order valence-electron chi connectivity index (χ3n) is 2.27. The van der Waals surface area contributed by atoms with Crippen LogP contribution in [0.4, 0.5) is 5.69 Å². The number of hydrogen-bond donors (Lipinski definition) is 0. The maximum absolute atomic E-state index is 5.58. The highest BCUT2D eigenvalue weighted by Crippen LogP contribution is 2.27. The lowest BCUT2D eigenvalue weighted by atomic mass is 10.2. The molecule has 78 valence electrons. The van der Waals surface area contributed by atoms with Crippen molar-refractivity contribution in [3.8, 4) is 5.75 Å². The van der Waals surface area contributed by atoms with E-state index >= 15 is 0 Å². The first-order valence-electron chi connectivity index (χ1n) is 5.30. The molecule has 0 bridgehead atoms. The van der Waals surface area contributed by atoms with E-state index in [-0.39, 0.29) is 0 Å². The zero-order valence-electron chi connectivity index (χ0n) is 9.29. The Hall–Kier alpha value is -1.18. The highest BCUT2D eigenvalue weighted by Gasteiger charge is 2.07. The van der Waals surface area contributed by atoms with Crippen molar-refractivity contribution in [2.24, 2.45) is 0 Å². The maximum atomic E-state index is 5.58. The van der Waals surface area contributed by atoms with Gasteiger partial charge >= 0.3 is 0 Å². The zero-order valence-corrected chi connectivity index (χ0v) is 9.29. The monoisotopic (exact) mass is 193 g/mol. The number of ether oxygens (including phenoxy) is 1. The van der Waals surface area contributed by atoms with Crippen molar-refractivity contribution >= 4 is 5.69 Å². The Kier molecular flexibility index (Phi) is 4.30. The molecular weight excluding hydrogens is 174 g/mol. The first kappa shape index (κ1) is 10.9. The molecule has 0 amide bonds. The van der Waals surface area contributed by atoms with Gasteiger partial charge in [0.1, 0.15) is 5.75 Å². The van der Waals surface area contributed by atoms with Gasteiger partial charge in [-0.15, -0.1) is 0 Å². The third-order valence-corrected chi connectivity index (χ3v) is 2.27. The Morgan fingerprint density at radius 2 is 1.71 bits per heavy atom. The molecule has 2 heteroatoms. The first-order chi connectivity index (χ1) is 6.83. The molecule has 2 nitrogen and oxygen atoms in total. The van der Waals surface area contributed by atoms with Crippen LogP contribution in [-0.4, -0.2) is 19.7 Å². The van der Waals surface area contributed by atoms with Crippen LogP contribution in [-0.2, 0) is 0 Å². The highest BCUT2D eigenvalue weighted by atomic mass is 16.5. The van der Waals surface area contributed by atoms with Crippen LogP contribution in [0.15, 0.2) is 24.3 Å². The predicted molar refractivity (Wildman–Crippen MR) is 61.2 cm³/mol. The lowest BCUT2D eigenvalue weighted by Crippen LogP contribution is -2.22. The van der Waals surface area contributed by atoms with E-state index in [1.807, 2.05) is 19.1 Å². The summed E-state index contributed by atoms with van der Waals surface area (Å²) in [5.41, 5.74) is 1.19. The second-order valence-corrected chi connectivity index (χ2v) is 3.07. The van der Waals surface area contributed by atoms with Crippen LogP contribution in [0.25, 0.3) is 0 Å². The van der Waals surface area contributed by atoms with E-state index in [9.17, 15) is 0 Å². The molecule has 0 aliphatic rings. The summed E-state index contributed by atoms with van der Waals surface area (Å²) in [6.07, 6.45) is 0. The predicted octanol–water partition coefficient (Wildman–Crippen LogP) is 2.93. The van der Waals surface area contributed by atoms with Crippen LogP contribution in [0.1, 0.15) is 20.8 Å². The standard InChI is InChI=1S/C12H19NO/c1-4-13(5-2)11-9-7-8-10-12(11)14-6-3/h7-10H,4-6H2,1-3H3. The minimum Gasteiger partial charge on any atom is -0.492 e. The Balaban J connectivity index is 2.92. The van der Waals surface area contributed by atoms with Gasteiger partial charge in [0, 0.05) is 13.1 Å². The molecule has 0 spiro atoms. The molecule has 0 N–H and O–H groups in total. The number of nitrogens with zero attached hydrogens (tertiary/aromatic N) is 1. The molecule has 1 aromatic rings. The molecule has 0 aromatic heterocycles. The number of para-hydroxylation sites is 2. The second-order valence-electron chi connectivity index (χ2n) is 3.07. The molecule has 0 unspecified atom stereocenters. The Labute approximate surface area is 86.5 Å². The summed E-state index contributed by atoms with van der Waals surface area (Å²) in [6, 6.07) is 8.20. The molecule has 0 aliphatic carbocycles. The average molecular weight is 193 g/mol. The van der Waals surface area contributed by atoms with E-state index in [1.54, 1.807) is 0 Å². The number of rotatable bonds is 5. The van der Waals surface area contributed by atoms with Crippen molar-refractivity contribution in [3.63, 3.8) is 0 Å². The second kappa shape index (κ2) is 5.53. The van der Waals surface area contributed by atoms with Crippen LogP contribution in [0, 0.1) is 0 Å². The largest absolute Gasteiger partial charge is 0.492 e. The van der Waals surface area contributed by atoms with Gasteiger partial charge in [-0.1, -0.05) is 12.1 Å². The molecule has 14 heavy (non-hydrogen) atoms. The fourth-order valence-corrected chi connectivity index (χ4v) is 1.56. The topological polar surface area (TPSA) is 12.5 Å². The molecule has 0 heterocycles. The van der Waals surface area contributed by atoms with E-state index in [0.29, 0.717) is 0 Å². The van der Waals surface area contributed by atoms with Gasteiger partial charge in [-0.25, -0.2) is 0 Å². The highest BCUT2D eigenvalue weighted by molar-refractivity contribution is 5.58. The molecule has 0 fully saturated rings. The van der Waals surface area contributed by atoms with Crippen molar-refractivity contribution in [2.45, 2.75) is 20.8 Å². The third kappa shape index (κ3) is 2.41. The Morgan fingerprint density at radius 3 is 2.29 bits per heavy atom. The van der Waals surface area contributed by atoms with Crippen LogP contribution >= 0.6 is 0 Å². The summed E-state index contributed by atoms with van der Waals surface area (Å²) in [5, 5.41) is 0.